The molecular formula is C12H8N2O4. The Kier molecular flexibility index (Phi) is 3.01. The van der Waals surface area contributed by atoms with E-state index in [1.165, 1.54) is 6.07 Å². The molecule has 2 rings (SSSR count). The van der Waals surface area contributed by atoms with Gasteiger partial charge in [-0.1, -0.05) is 30.3 Å². The van der Waals surface area contributed by atoms with E-state index in [1.807, 2.05) is 0 Å². The van der Waals surface area contributed by atoms with Crippen molar-refractivity contribution >= 4 is 11.9 Å². The van der Waals surface area contributed by atoms with Gasteiger partial charge in [0, 0.05) is 5.56 Å². The van der Waals surface area contributed by atoms with E-state index in [0.717, 1.165) is 0 Å². The van der Waals surface area contributed by atoms with Gasteiger partial charge < -0.3 is 10.2 Å². The molecule has 0 bridgehead atoms. The van der Waals surface area contributed by atoms with E-state index in [0.29, 0.717) is 5.56 Å². The first-order chi connectivity index (χ1) is 8.58. The maximum absolute atomic E-state index is 10.9. The van der Waals surface area contributed by atoms with Crippen molar-refractivity contribution in [1.29, 1.82) is 0 Å². The molecule has 0 amide bonds. The average molecular weight is 244 g/mol. The summed E-state index contributed by atoms with van der Waals surface area (Å²) in [6.07, 6.45) is 0. The molecule has 6 nitrogen and oxygen atoms in total. The number of nitrogens with zero attached hydrogens (tertiary/aromatic N) is 2. The quantitative estimate of drug-likeness (QED) is 0.849. The van der Waals surface area contributed by atoms with Gasteiger partial charge in [0.25, 0.3) is 0 Å². The third-order valence-electron chi connectivity index (χ3n) is 2.21. The summed E-state index contributed by atoms with van der Waals surface area (Å²) in [5, 5.41) is 17.7. The zero-order chi connectivity index (χ0) is 13.1. The Morgan fingerprint density at radius 2 is 1.61 bits per heavy atom. The Balaban J connectivity index is 2.61. The van der Waals surface area contributed by atoms with E-state index >= 15 is 0 Å². The van der Waals surface area contributed by atoms with Crippen LogP contribution in [0.2, 0.25) is 0 Å². The summed E-state index contributed by atoms with van der Waals surface area (Å²) in [5.41, 5.74) is 0.548. The van der Waals surface area contributed by atoms with Crippen molar-refractivity contribution < 1.29 is 19.8 Å². The fourth-order valence-corrected chi connectivity index (χ4v) is 1.41. The predicted molar refractivity (Wildman–Crippen MR) is 61.4 cm³/mol. The average Bonchev–Trinajstić information content (AvgIpc) is 2.39. The van der Waals surface area contributed by atoms with Crippen LogP contribution < -0.4 is 0 Å². The Labute approximate surface area is 102 Å². The number of rotatable bonds is 3. The van der Waals surface area contributed by atoms with Crippen LogP contribution in [0.5, 0.6) is 0 Å². The molecule has 0 aliphatic heterocycles. The van der Waals surface area contributed by atoms with Crippen LogP contribution in [0.15, 0.2) is 36.4 Å². The Hall–Kier alpha value is -2.76. The van der Waals surface area contributed by atoms with Gasteiger partial charge in [-0.2, -0.15) is 0 Å². The van der Waals surface area contributed by atoms with Crippen LogP contribution in [-0.2, 0) is 0 Å². The van der Waals surface area contributed by atoms with Gasteiger partial charge in [0.15, 0.2) is 5.69 Å². The van der Waals surface area contributed by atoms with Crippen molar-refractivity contribution in [2.45, 2.75) is 0 Å². The van der Waals surface area contributed by atoms with Gasteiger partial charge in [0.2, 0.25) is 5.82 Å². The lowest BCUT2D eigenvalue weighted by molar-refractivity contribution is 0.0679. The van der Waals surface area contributed by atoms with Gasteiger partial charge in [0.1, 0.15) is 0 Å². The summed E-state index contributed by atoms with van der Waals surface area (Å²) in [5.74, 6) is -3.19. The van der Waals surface area contributed by atoms with E-state index in [4.69, 9.17) is 10.2 Å². The van der Waals surface area contributed by atoms with Crippen molar-refractivity contribution in [3.05, 3.63) is 47.9 Å². The van der Waals surface area contributed by atoms with Crippen LogP contribution >= 0.6 is 0 Å². The van der Waals surface area contributed by atoms with Crippen LogP contribution in [-0.4, -0.2) is 32.1 Å². The molecule has 1 aromatic carbocycles. The molecule has 0 spiro atoms. The lowest BCUT2D eigenvalue weighted by Crippen LogP contribution is -2.10. The summed E-state index contributed by atoms with van der Waals surface area (Å²) < 4.78 is 0. The minimum atomic E-state index is -1.37. The summed E-state index contributed by atoms with van der Waals surface area (Å²) in [4.78, 5) is 29.0. The largest absolute Gasteiger partial charge is 0.477 e. The van der Waals surface area contributed by atoms with Crippen molar-refractivity contribution in [3.63, 3.8) is 0 Å². The standard InChI is InChI=1S/C12H8N2O4/c15-11(16)9-6-8(7-4-2-1-3-5-7)13-10(14-9)12(17)18/h1-6H,(H,15,16)(H,17,18). The van der Waals surface area contributed by atoms with Gasteiger partial charge in [-0.15, -0.1) is 0 Å². The number of aromatic nitrogens is 2. The van der Waals surface area contributed by atoms with Gasteiger partial charge in [-0.25, -0.2) is 19.6 Å². The molecule has 2 aromatic rings. The second kappa shape index (κ2) is 4.62. The molecule has 1 aromatic heterocycles. The first kappa shape index (κ1) is 11.7. The van der Waals surface area contributed by atoms with Crippen LogP contribution in [0.1, 0.15) is 21.1 Å². The van der Waals surface area contributed by atoms with Crippen LogP contribution in [0.4, 0.5) is 0 Å². The maximum atomic E-state index is 10.9. The highest BCUT2D eigenvalue weighted by molar-refractivity contribution is 5.90. The summed E-state index contributed by atoms with van der Waals surface area (Å²) in [6.45, 7) is 0. The highest BCUT2D eigenvalue weighted by Gasteiger charge is 2.15. The highest BCUT2D eigenvalue weighted by Crippen LogP contribution is 2.17. The van der Waals surface area contributed by atoms with Gasteiger partial charge in [-0.05, 0) is 6.07 Å². The summed E-state index contributed by atoms with van der Waals surface area (Å²) in [6, 6.07) is 9.95. The summed E-state index contributed by atoms with van der Waals surface area (Å²) >= 11 is 0. The predicted octanol–water partition coefficient (Wildman–Crippen LogP) is 1.54. The third-order valence-corrected chi connectivity index (χ3v) is 2.21. The van der Waals surface area contributed by atoms with Crippen molar-refractivity contribution in [2.24, 2.45) is 0 Å². The van der Waals surface area contributed by atoms with Gasteiger partial charge in [0.05, 0.1) is 5.69 Å². The molecule has 0 aliphatic carbocycles. The molecule has 0 aliphatic rings. The molecule has 0 radical (unpaired) electrons. The molecule has 6 heteroatoms. The van der Waals surface area contributed by atoms with Crippen LogP contribution in [0, 0.1) is 0 Å². The zero-order valence-electron chi connectivity index (χ0n) is 9.07. The van der Waals surface area contributed by atoms with E-state index in [9.17, 15) is 9.59 Å². The lowest BCUT2D eigenvalue weighted by Gasteiger charge is -2.03. The number of hydrogen-bond donors (Lipinski definition) is 2. The van der Waals surface area contributed by atoms with Crippen molar-refractivity contribution in [3.8, 4) is 11.3 Å². The fraction of sp³-hybridized carbons (Fsp3) is 0. The smallest absolute Gasteiger partial charge is 0.373 e. The Morgan fingerprint density at radius 1 is 0.944 bits per heavy atom. The number of carboxylic acids is 2. The number of benzene rings is 1. The van der Waals surface area contributed by atoms with Crippen LogP contribution in [0.25, 0.3) is 11.3 Å². The monoisotopic (exact) mass is 244 g/mol. The third kappa shape index (κ3) is 2.32. The SMILES string of the molecule is O=C(O)c1cc(-c2ccccc2)nc(C(=O)O)n1. The fourth-order valence-electron chi connectivity index (χ4n) is 1.41. The minimum Gasteiger partial charge on any atom is -0.477 e. The Bertz CT molecular complexity index is 578. The highest BCUT2D eigenvalue weighted by atomic mass is 16.4. The van der Waals surface area contributed by atoms with E-state index in [1.54, 1.807) is 30.3 Å². The Morgan fingerprint density at radius 3 is 2.17 bits per heavy atom. The van der Waals surface area contributed by atoms with Crippen LogP contribution in [0.3, 0.4) is 0 Å². The van der Waals surface area contributed by atoms with Gasteiger partial charge in [-0.3, -0.25) is 0 Å². The second-order valence-corrected chi connectivity index (χ2v) is 3.44. The molecule has 0 fully saturated rings. The molecule has 18 heavy (non-hydrogen) atoms. The van der Waals surface area contributed by atoms with Crippen molar-refractivity contribution in [2.75, 3.05) is 0 Å². The molecule has 90 valence electrons. The molecule has 0 atom stereocenters. The molecule has 1 heterocycles. The number of hydrogen-bond acceptors (Lipinski definition) is 4. The first-order valence-electron chi connectivity index (χ1n) is 4.99. The van der Waals surface area contributed by atoms with Gasteiger partial charge >= 0.3 is 11.9 Å². The summed E-state index contributed by atoms with van der Waals surface area (Å²) in [7, 11) is 0. The number of aromatic carboxylic acids is 2. The van der Waals surface area contributed by atoms with E-state index in [2.05, 4.69) is 9.97 Å². The minimum absolute atomic E-state index is 0.264. The molecule has 2 N–H and O–H groups in total. The number of carboxylic acid groups (broad SMARTS) is 2. The zero-order valence-corrected chi connectivity index (χ0v) is 9.07. The first-order valence-corrected chi connectivity index (χ1v) is 4.99. The lowest BCUT2D eigenvalue weighted by atomic mass is 10.1. The molecule has 0 unspecified atom stereocenters. The van der Waals surface area contributed by atoms with Crippen molar-refractivity contribution in [1.82, 2.24) is 9.97 Å². The van der Waals surface area contributed by atoms with E-state index in [-0.39, 0.29) is 11.4 Å². The molecule has 0 saturated carbocycles. The molecular weight excluding hydrogens is 236 g/mol. The number of carbonyl (C=O) groups is 2. The topological polar surface area (TPSA) is 100 Å². The maximum Gasteiger partial charge on any atom is 0.373 e. The van der Waals surface area contributed by atoms with E-state index < -0.39 is 17.8 Å². The normalized spacial score (nSPS) is 10.0. The molecule has 0 saturated heterocycles. The second-order valence-electron chi connectivity index (χ2n) is 3.44.